The zero-order valence-corrected chi connectivity index (χ0v) is 11.6. The van der Waals surface area contributed by atoms with Gasteiger partial charge in [0.15, 0.2) is 0 Å². The number of nitrogen functional groups attached to an aromatic ring is 1. The lowest BCUT2D eigenvalue weighted by molar-refractivity contribution is -0.0711. The number of ether oxygens (including phenoxy) is 1. The Kier molecular flexibility index (Phi) is 3.62. The summed E-state index contributed by atoms with van der Waals surface area (Å²) in [5.74, 6) is 0. The van der Waals surface area contributed by atoms with E-state index in [4.69, 9.17) is 10.5 Å². The Morgan fingerprint density at radius 2 is 1.89 bits per heavy atom. The largest absolute Gasteiger partial charge is 0.397 e. The van der Waals surface area contributed by atoms with Gasteiger partial charge in [-0.2, -0.15) is 0 Å². The molecule has 0 saturated carbocycles. The summed E-state index contributed by atoms with van der Waals surface area (Å²) in [6.45, 7) is 4.20. The molecular formula is C15H23N3O. The first-order valence-electron chi connectivity index (χ1n) is 7.15. The van der Waals surface area contributed by atoms with Gasteiger partial charge in [0.1, 0.15) is 0 Å². The molecule has 0 amide bonds. The van der Waals surface area contributed by atoms with E-state index < -0.39 is 0 Å². The van der Waals surface area contributed by atoms with Gasteiger partial charge < -0.3 is 15.4 Å². The molecule has 4 heteroatoms. The van der Waals surface area contributed by atoms with E-state index in [-0.39, 0.29) is 0 Å². The van der Waals surface area contributed by atoms with Gasteiger partial charge in [-0.1, -0.05) is 12.1 Å². The fourth-order valence-electron chi connectivity index (χ4n) is 3.08. The van der Waals surface area contributed by atoms with Crippen molar-refractivity contribution < 1.29 is 4.74 Å². The molecule has 0 atom stereocenters. The van der Waals surface area contributed by atoms with Crippen LogP contribution in [0, 0.1) is 0 Å². The molecule has 2 aliphatic rings. The fourth-order valence-corrected chi connectivity index (χ4v) is 3.08. The second kappa shape index (κ2) is 5.39. The standard InChI is InChI=1S/C15H23N3O/c1-17(15-5-3-2-4-14(15)16)12-6-8-18(9-7-12)13-10-19-11-13/h2-5,12-13H,6-11,16H2,1H3. The van der Waals surface area contributed by atoms with Gasteiger partial charge in [0, 0.05) is 26.2 Å². The van der Waals surface area contributed by atoms with Crippen molar-refractivity contribution in [1.82, 2.24) is 4.90 Å². The highest BCUT2D eigenvalue weighted by Crippen LogP contribution is 2.28. The van der Waals surface area contributed by atoms with Crippen molar-refractivity contribution in [2.24, 2.45) is 0 Å². The molecule has 2 aliphatic heterocycles. The molecule has 2 N–H and O–H groups in total. The SMILES string of the molecule is CN(c1ccccc1N)C1CCN(C2COC2)CC1. The minimum atomic E-state index is 0.599. The molecule has 4 nitrogen and oxygen atoms in total. The van der Waals surface area contributed by atoms with Crippen LogP contribution in [0.15, 0.2) is 24.3 Å². The third kappa shape index (κ3) is 2.55. The average Bonchev–Trinajstić information content (AvgIpc) is 2.37. The second-order valence-electron chi connectivity index (χ2n) is 5.63. The molecule has 0 spiro atoms. The Balaban J connectivity index is 1.60. The Hall–Kier alpha value is -1.26. The van der Waals surface area contributed by atoms with Gasteiger partial charge in [-0.15, -0.1) is 0 Å². The lowest BCUT2D eigenvalue weighted by Gasteiger charge is -2.43. The zero-order valence-electron chi connectivity index (χ0n) is 11.6. The summed E-state index contributed by atoms with van der Waals surface area (Å²) >= 11 is 0. The van der Waals surface area contributed by atoms with Crippen LogP contribution in [0.4, 0.5) is 11.4 Å². The topological polar surface area (TPSA) is 41.7 Å². The zero-order chi connectivity index (χ0) is 13.2. The third-order valence-electron chi connectivity index (χ3n) is 4.50. The van der Waals surface area contributed by atoms with Crippen LogP contribution in [0.2, 0.25) is 0 Å². The third-order valence-corrected chi connectivity index (χ3v) is 4.50. The second-order valence-corrected chi connectivity index (χ2v) is 5.63. The summed E-state index contributed by atoms with van der Waals surface area (Å²) in [5, 5.41) is 0. The fraction of sp³-hybridized carbons (Fsp3) is 0.600. The van der Waals surface area contributed by atoms with Crippen LogP contribution in [0.5, 0.6) is 0 Å². The first-order valence-corrected chi connectivity index (χ1v) is 7.15. The number of hydrogen-bond donors (Lipinski definition) is 1. The van der Waals surface area contributed by atoms with Crippen LogP contribution in [-0.4, -0.2) is 50.3 Å². The normalized spacial score (nSPS) is 22.2. The smallest absolute Gasteiger partial charge is 0.0645 e. The van der Waals surface area contributed by atoms with E-state index in [0.717, 1.165) is 24.6 Å². The molecule has 1 aromatic rings. The minimum Gasteiger partial charge on any atom is -0.397 e. The number of likely N-dealkylation sites (tertiary alicyclic amines) is 1. The minimum absolute atomic E-state index is 0.599. The summed E-state index contributed by atoms with van der Waals surface area (Å²) in [5.41, 5.74) is 8.10. The Morgan fingerprint density at radius 3 is 2.47 bits per heavy atom. The maximum Gasteiger partial charge on any atom is 0.0645 e. The lowest BCUT2D eigenvalue weighted by Crippen LogP contribution is -2.54. The molecular weight excluding hydrogens is 238 g/mol. The molecule has 1 aromatic carbocycles. The number of hydrogen-bond acceptors (Lipinski definition) is 4. The van der Waals surface area contributed by atoms with Crippen LogP contribution < -0.4 is 10.6 Å². The molecule has 0 unspecified atom stereocenters. The van der Waals surface area contributed by atoms with Crippen molar-refractivity contribution in [2.45, 2.75) is 24.9 Å². The Bertz CT molecular complexity index is 425. The maximum atomic E-state index is 6.07. The maximum absolute atomic E-state index is 6.07. The highest BCUT2D eigenvalue weighted by atomic mass is 16.5. The van der Waals surface area contributed by atoms with E-state index >= 15 is 0 Å². The van der Waals surface area contributed by atoms with Gasteiger partial charge in [0.2, 0.25) is 0 Å². The van der Waals surface area contributed by atoms with E-state index in [1.807, 2.05) is 12.1 Å². The van der Waals surface area contributed by atoms with Crippen molar-refractivity contribution in [1.29, 1.82) is 0 Å². The number of benzene rings is 1. The molecule has 0 aliphatic carbocycles. The van der Waals surface area contributed by atoms with Gasteiger partial charge in [-0.25, -0.2) is 0 Å². The van der Waals surface area contributed by atoms with Crippen LogP contribution in [0.3, 0.4) is 0 Å². The first-order chi connectivity index (χ1) is 9.25. The predicted molar refractivity (Wildman–Crippen MR) is 78.5 cm³/mol. The van der Waals surface area contributed by atoms with E-state index in [9.17, 15) is 0 Å². The lowest BCUT2D eigenvalue weighted by atomic mass is 10.0. The number of piperidine rings is 1. The van der Waals surface area contributed by atoms with Gasteiger partial charge >= 0.3 is 0 Å². The number of para-hydroxylation sites is 2. The number of rotatable bonds is 3. The van der Waals surface area contributed by atoms with Gasteiger partial charge in [-0.05, 0) is 25.0 Å². The molecule has 0 aromatic heterocycles. The van der Waals surface area contributed by atoms with E-state index in [0.29, 0.717) is 12.1 Å². The summed E-state index contributed by atoms with van der Waals surface area (Å²) < 4.78 is 5.28. The summed E-state index contributed by atoms with van der Waals surface area (Å²) in [4.78, 5) is 4.92. The Morgan fingerprint density at radius 1 is 1.21 bits per heavy atom. The van der Waals surface area contributed by atoms with Crippen molar-refractivity contribution in [3.63, 3.8) is 0 Å². The van der Waals surface area contributed by atoms with Gasteiger partial charge in [0.05, 0.1) is 30.6 Å². The quantitative estimate of drug-likeness (QED) is 0.839. The van der Waals surface area contributed by atoms with Crippen molar-refractivity contribution in [2.75, 3.05) is 44.0 Å². The summed E-state index contributed by atoms with van der Waals surface area (Å²) in [7, 11) is 2.17. The first kappa shape index (κ1) is 12.8. The highest BCUT2D eigenvalue weighted by Gasteiger charge is 2.31. The number of anilines is 2. The summed E-state index contributed by atoms with van der Waals surface area (Å²) in [6, 6.07) is 9.42. The molecule has 104 valence electrons. The molecule has 19 heavy (non-hydrogen) atoms. The molecule has 2 saturated heterocycles. The van der Waals surface area contributed by atoms with E-state index in [2.05, 4.69) is 29.0 Å². The van der Waals surface area contributed by atoms with Crippen LogP contribution >= 0.6 is 0 Å². The van der Waals surface area contributed by atoms with E-state index in [1.54, 1.807) is 0 Å². The monoisotopic (exact) mass is 261 g/mol. The van der Waals surface area contributed by atoms with Crippen molar-refractivity contribution in [3.05, 3.63) is 24.3 Å². The van der Waals surface area contributed by atoms with Gasteiger partial charge in [0.25, 0.3) is 0 Å². The van der Waals surface area contributed by atoms with E-state index in [1.165, 1.54) is 25.9 Å². The molecule has 0 bridgehead atoms. The summed E-state index contributed by atoms with van der Waals surface area (Å²) in [6.07, 6.45) is 2.42. The van der Waals surface area contributed by atoms with Crippen LogP contribution in [-0.2, 0) is 4.74 Å². The van der Waals surface area contributed by atoms with Gasteiger partial charge in [-0.3, -0.25) is 4.90 Å². The van der Waals surface area contributed by atoms with Crippen molar-refractivity contribution in [3.8, 4) is 0 Å². The average molecular weight is 261 g/mol. The number of nitrogens with zero attached hydrogens (tertiary/aromatic N) is 2. The molecule has 2 fully saturated rings. The highest BCUT2D eigenvalue weighted by molar-refractivity contribution is 5.67. The molecule has 0 radical (unpaired) electrons. The molecule has 3 rings (SSSR count). The van der Waals surface area contributed by atoms with Crippen LogP contribution in [0.25, 0.3) is 0 Å². The Labute approximate surface area is 115 Å². The van der Waals surface area contributed by atoms with Crippen LogP contribution in [0.1, 0.15) is 12.8 Å². The molecule has 2 heterocycles. The number of nitrogens with two attached hydrogens (primary N) is 1. The van der Waals surface area contributed by atoms with Crippen molar-refractivity contribution >= 4 is 11.4 Å². The predicted octanol–water partition coefficient (Wildman–Crippen LogP) is 1.57.